The van der Waals surface area contributed by atoms with Gasteiger partial charge in [-0.15, -0.1) is 0 Å². The van der Waals surface area contributed by atoms with Crippen LogP contribution in [-0.2, 0) is 5.54 Å². The molecule has 0 saturated carbocycles. The Hall–Kier alpha value is -1.87. The minimum atomic E-state index is -0.534. The molecule has 0 amide bonds. The molecule has 2 nitrogen and oxygen atoms in total. The van der Waals surface area contributed by atoms with E-state index in [0.29, 0.717) is 0 Å². The Balaban J connectivity index is 2.34. The standard InChI is InChI=1S/C17H20FNO/c1-2-12-17(13-20,14-6-4-3-5-7-14)19-16-10-8-15(18)9-11-16/h3-11,19-20H,2,12-13H2,1H3. The number of hydrogen-bond acceptors (Lipinski definition) is 2. The Kier molecular flexibility index (Phi) is 4.74. The number of hydrogen-bond donors (Lipinski definition) is 2. The van der Waals surface area contributed by atoms with Gasteiger partial charge in [0.1, 0.15) is 5.82 Å². The molecular formula is C17H20FNO. The lowest BCUT2D eigenvalue weighted by Gasteiger charge is -2.34. The fraction of sp³-hybridized carbons (Fsp3) is 0.294. The number of aliphatic hydroxyl groups is 1. The van der Waals surface area contributed by atoms with Gasteiger partial charge in [-0.25, -0.2) is 4.39 Å². The van der Waals surface area contributed by atoms with Gasteiger partial charge in [0.2, 0.25) is 0 Å². The number of nitrogens with one attached hydrogen (secondary N) is 1. The van der Waals surface area contributed by atoms with Crippen LogP contribution in [-0.4, -0.2) is 11.7 Å². The third-order valence-corrected chi connectivity index (χ3v) is 3.50. The second-order valence-corrected chi connectivity index (χ2v) is 4.99. The molecule has 3 heteroatoms. The SMILES string of the molecule is CCCC(CO)(Nc1ccc(F)cc1)c1ccccc1. The van der Waals surface area contributed by atoms with Crippen molar-refractivity contribution in [1.82, 2.24) is 0 Å². The lowest BCUT2D eigenvalue weighted by Crippen LogP contribution is -2.39. The van der Waals surface area contributed by atoms with E-state index in [-0.39, 0.29) is 12.4 Å². The van der Waals surface area contributed by atoms with Crippen LogP contribution < -0.4 is 5.32 Å². The summed E-state index contributed by atoms with van der Waals surface area (Å²) in [5.41, 5.74) is 1.31. The highest BCUT2D eigenvalue weighted by molar-refractivity contribution is 5.48. The summed E-state index contributed by atoms with van der Waals surface area (Å²) in [6, 6.07) is 16.1. The van der Waals surface area contributed by atoms with Gasteiger partial charge in [-0.05, 0) is 36.2 Å². The first-order valence-corrected chi connectivity index (χ1v) is 6.90. The Bertz CT molecular complexity index is 526. The topological polar surface area (TPSA) is 32.3 Å². The largest absolute Gasteiger partial charge is 0.394 e. The van der Waals surface area contributed by atoms with E-state index in [2.05, 4.69) is 12.2 Å². The fourth-order valence-electron chi connectivity index (χ4n) is 2.48. The Labute approximate surface area is 119 Å². The van der Waals surface area contributed by atoms with Gasteiger partial charge >= 0.3 is 0 Å². The maximum absolute atomic E-state index is 13.0. The molecule has 0 aliphatic heterocycles. The number of aliphatic hydroxyl groups excluding tert-OH is 1. The second-order valence-electron chi connectivity index (χ2n) is 4.99. The van der Waals surface area contributed by atoms with E-state index in [0.717, 1.165) is 24.1 Å². The molecule has 0 saturated heterocycles. The monoisotopic (exact) mass is 273 g/mol. The summed E-state index contributed by atoms with van der Waals surface area (Å²) in [5, 5.41) is 13.3. The van der Waals surface area contributed by atoms with Crippen LogP contribution in [0.15, 0.2) is 54.6 Å². The third-order valence-electron chi connectivity index (χ3n) is 3.50. The molecule has 0 fully saturated rings. The lowest BCUT2D eigenvalue weighted by molar-refractivity contribution is 0.202. The molecule has 0 aliphatic rings. The highest BCUT2D eigenvalue weighted by Crippen LogP contribution is 2.30. The summed E-state index contributed by atoms with van der Waals surface area (Å²) in [4.78, 5) is 0. The van der Waals surface area contributed by atoms with Crippen LogP contribution >= 0.6 is 0 Å². The van der Waals surface area contributed by atoms with E-state index in [9.17, 15) is 9.50 Å². The summed E-state index contributed by atoms with van der Waals surface area (Å²) >= 11 is 0. The minimum Gasteiger partial charge on any atom is -0.394 e. The molecule has 1 unspecified atom stereocenters. The average molecular weight is 273 g/mol. The Morgan fingerprint density at radius 2 is 1.70 bits per heavy atom. The smallest absolute Gasteiger partial charge is 0.123 e. The van der Waals surface area contributed by atoms with E-state index in [4.69, 9.17) is 0 Å². The Morgan fingerprint density at radius 3 is 2.25 bits per heavy atom. The van der Waals surface area contributed by atoms with E-state index in [1.807, 2.05) is 30.3 Å². The molecule has 106 valence electrons. The molecule has 2 N–H and O–H groups in total. The van der Waals surface area contributed by atoms with Gasteiger partial charge < -0.3 is 10.4 Å². The number of anilines is 1. The van der Waals surface area contributed by atoms with Crippen molar-refractivity contribution in [2.45, 2.75) is 25.3 Å². The highest BCUT2D eigenvalue weighted by Gasteiger charge is 2.30. The predicted octanol–water partition coefficient (Wildman–Crippen LogP) is 3.93. The van der Waals surface area contributed by atoms with Crippen molar-refractivity contribution in [1.29, 1.82) is 0 Å². The van der Waals surface area contributed by atoms with Gasteiger partial charge in [0.05, 0.1) is 12.1 Å². The first kappa shape index (κ1) is 14.5. The van der Waals surface area contributed by atoms with Gasteiger partial charge in [0.15, 0.2) is 0 Å². The van der Waals surface area contributed by atoms with E-state index >= 15 is 0 Å². The summed E-state index contributed by atoms with van der Waals surface area (Å²) < 4.78 is 13.0. The van der Waals surface area contributed by atoms with Crippen molar-refractivity contribution in [3.8, 4) is 0 Å². The third kappa shape index (κ3) is 3.17. The summed E-state index contributed by atoms with van der Waals surface area (Å²) in [7, 11) is 0. The van der Waals surface area contributed by atoms with E-state index in [1.165, 1.54) is 12.1 Å². The van der Waals surface area contributed by atoms with Crippen LogP contribution in [0.25, 0.3) is 0 Å². The molecule has 0 aliphatic carbocycles. The van der Waals surface area contributed by atoms with Gasteiger partial charge in [-0.2, -0.15) is 0 Å². The molecule has 0 aromatic heterocycles. The zero-order chi connectivity index (χ0) is 14.4. The maximum Gasteiger partial charge on any atom is 0.123 e. The minimum absolute atomic E-state index is 0.0117. The van der Waals surface area contributed by atoms with Crippen molar-refractivity contribution in [3.05, 3.63) is 66.0 Å². The Morgan fingerprint density at radius 1 is 1.05 bits per heavy atom. The highest BCUT2D eigenvalue weighted by atomic mass is 19.1. The fourth-order valence-corrected chi connectivity index (χ4v) is 2.48. The quantitative estimate of drug-likeness (QED) is 0.836. The first-order valence-electron chi connectivity index (χ1n) is 6.90. The van der Waals surface area contributed by atoms with Crippen molar-refractivity contribution < 1.29 is 9.50 Å². The van der Waals surface area contributed by atoms with Crippen LogP contribution in [0, 0.1) is 5.82 Å². The van der Waals surface area contributed by atoms with Gasteiger partial charge in [-0.3, -0.25) is 0 Å². The summed E-state index contributed by atoms with van der Waals surface area (Å²) in [6.45, 7) is 2.07. The maximum atomic E-state index is 13.0. The molecule has 2 aromatic rings. The second kappa shape index (κ2) is 6.53. The summed E-state index contributed by atoms with van der Waals surface area (Å²) in [6.07, 6.45) is 1.73. The van der Waals surface area contributed by atoms with Crippen LogP contribution in [0.4, 0.5) is 10.1 Å². The molecule has 20 heavy (non-hydrogen) atoms. The van der Waals surface area contributed by atoms with E-state index in [1.54, 1.807) is 12.1 Å². The molecule has 1 atom stereocenters. The molecule has 2 rings (SSSR count). The van der Waals surface area contributed by atoms with Crippen LogP contribution in [0.5, 0.6) is 0 Å². The lowest BCUT2D eigenvalue weighted by atomic mass is 9.86. The number of rotatable bonds is 6. The van der Waals surface area contributed by atoms with Crippen LogP contribution in [0.2, 0.25) is 0 Å². The zero-order valence-electron chi connectivity index (χ0n) is 11.6. The molecule has 0 radical (unpaired) electrons. The van der Waals surface area contributed by atoms with Gasteiger partial charge in [0, 0.05) is 5.69 Å². The van der Waals surface area contributed by atoms with Crippen molar-refractivity contribution >= 4 is 5.69 Å². The predicted molar refractivity (Wildman–Crippen MR) is 80.1 cm³/mol. The zero-order valence-corrected chi connectivity index (χ0v) is 11.6. The van der Waals surface area contributed by atoms with Crippen molar-refractivity contribution in [3.63, 3.8) is 0 Å². The molecule has 0 bridgehead atoms. The molecule has 0 heterocycles. The molecule has 0 spiro atoms. The number of benzene rings is 2. The van der Waals surface area contributed by atoms with Gasteiger partial charge in [0.25, 0.3) is 0 Å². The van der Waals surface area contributed by atoms with Crippen LogP contribution in [0.1, 0.15) is 25.3 Å². The summed E-state index contributed by atoms with van der Waals surface area (Å²) in [5.74, 6) is -0.264. The van der Waals surface area contributed by atoms with Crippen molar-refractivity contribution in [2.24, 2.45) is 0 Å². The first-order chi connectivity index (χ1) is 9.70. The van der Waals surface area contributed by atoms with Crippen LogP contribution in [0.3, 0.4) is 0 Å². The van der Waals surface area contributed by atoms with Crippen molar-refractivity contribution in [2.75, 3.05) is 11.9 Å². The van der Waals surface area contributed by atoms with E-state index < -0.39 is 5.54 Å². The average Bonchev–Trinajstić information content (AvgIpc) is 2.50. The van der Waals surface area contributed by atoms with Gasteiger partial charge in [-0.1, -0.05) is 43.7 Å². The molecule has 2 aromatic carbocycles. The normalized spacial score (nSPS) is 13.8. The number of halogens is 1. The molecular weight excluding hydrogens is 253 g/mol.